The van der Waals surface area contributed by atoms with Crippen molar-refractivity contribution in [2.24, 2.45) is 0 Å². The lowest BCUT2D eigenvalue weighted by molar-refractivity contribution is 0.596. The summed E-state index contributed by atoms with van der Waals surface area (Å²) in [6, 6.07) is 10.5. The first-order valence-corrected chi connectivity index (χ1v) is 7.70. The summed E-state index contributed by atoms with van der Waals surface area (Å²) >= 11 is 0. The van der Waals surface area contributed by atoms with Gasteiger partial charge in [-0.05, 0) is 74.2 Å². The zero-order valence-corrected chi connectivity index (χ0v) is 12.5. The summed E-state index contributed by atoms with van der Waals surface area (Å²) in [5.41, 5.74) is 4.17. The van der Waals surface area contributed by atoms with Crippen LogP contribution in [0.15, 0.2) is 46.2 Å². The normalized spacial score (nSPS) is 11.0. The maximum atomic E-state index is 12.6. The molecule has 0 aliphatic carbocycles. The zero-order chi connectivity index (χ0) is 14.2. The van der Waals surface area contributed by atoms with Crippen LogP contribution < -0.4 is 0 Å². The van der Waals surface area contributed by atoms with Crippen LogP contribution in [0.1, 0.15) is 29.7 Å². The lowest BCUT2D eigenvalue weighted by atomic mass is 10.1. The van der Waals surface area contributed by atoms with Gasteiger partial charge in [0.05, 0.1) is 9.79 Å². The first-order chi connectivity index (χ1) is 8.82. The van der Waals surface area contributed by atoms with Crippen LogP contribution in [-0.4, -0.2) is 8.42 Å². The Morgan fingerprint density at radius 3 is 1.30 bits per heavy atom. The number of rotatable bonds is 2. The van der Waals surface area contributed by atoms with Gasteiger partial charge in [0, 0.05) is 0 Å². The Morgan fingerprint density at radius 2 is 1.00 bits per heavy atom. The van der Waals surface area contributed by atoms with Gasteiger partial charge in [-0.1, -0.05) is 19.6 Å². The predicted molar refractivity (Wildman–Crippen MR) is 84.0 cm³/mol. The van der Waals surface area contributed by atoms with Crippen LogP contribution in [-0.2, 0) is 9.84 Å². The Balaban J connectivity index is 0.00000200. The van der Waals surface area contributed by atoms with Gasteiger partial charge in [0.15, 0.2) is 0 Å². The van der Waals surface area contributed by atoms with E-state index in [1.54, 1.807) is 24.3 Å². The fraction of sp³-hybridized carbons (Fsp3) is 0.294. The third kappa shape index (κ3) is 2.93. The van der Waals surface area contributed by atoms with E-state index >= 15 is 0 Å². The zero-order valence-electron chi connectivity index (χ0n) is 11.7. The minimum Gasteiger partial charge on any atom is -0.219 e. The SMILES string of the molecule is C.Cc1ccc(S(=O)(=O)c2ccc(C)c(C)c2)cc1C. The molecule has 108 valence electrons. The maximum Gasteiger partial charge on any atom is 0.206 e. The molecular formula is C17H22O2S. The Kier molecular flexibility index (Phi) is 4.77. The van der Waals surface area contributed by atoms with Crippen LogP contribution in [0.4, 0.5) is 0 Å². The maximum absolute atomic E-state index is 12.6. The molecule has 2 aromatic carbocycles. The van der Waals surface area contributed by atoms with Crippen LogP contribution in [0.3, 0.4) is 0 Å². The van der Waals surface area contributed by atoms with Gasteiger partial charge in [0.1, 0.15) is 0 Å². The number of hydrogen-bond acceptors (Lipinski definition) is 2. The average molecular weight is 290 g/mol. The molecule has 0 heterocycles. The molecule has 0 amide bonds. The van der Waals surface area contributed by atoms with Gasteiger partial charge in [0.25, 0.3) is 0 Å². The van der Waals surface area contributed by atoms with E-state index in [4.69, 9.17) is 0 Å². The average Bonchev–Trinajstić information content (AvgIpc) is 2.35. The van der Waals surface area contributed by atoms with E-state index in [2.05, 4.69) is 0 Å². The van der Waals surface area contributed by atoms with E-state index in [9.17, 15) is 8.42 Å². The molecule has 2 rings (SSSR count). The van der Waals surface area contributed by atoms with Crippen molar-refractivity contribution in [3.05, 3.63) is 58.7 Å². The second kappa shape index (κ2) is 5.80. The van der Waals surface area contributed by atoms with Gasteiger partial charge in [-0.3, -0.25) is 0 Å². The van der Waals surface area contributed by atoms with Crippen LogP contribution in [0.2, 0.25) is 0 Å². The summed E-state index contributed by atoms with van der Waals surface area (Å²) in [6.45, 7) is 7.80. The van der Waals surface area contributed by atoms with Crippen LogP contribution >= 0.6 is 0 Å². The van der Waals surface area contributed by atoms with Crippen molar-refractivity contribution in [3.63, 3.8) is 0 Å². The number of sulfone groups is 1. The molecule has 0 saturated carbocycles. The van der Waals surface area contributed by atoms with Crippen LogP contribution in [0.25, 0.3) is 0 Å². The summed E-state index contributed by atoms with van der Waals surface area (Å²) in [4.78, 5) is 0.720. The molecule has 0 aliphatic heterocycles. The Morgan fingerprint density at radius 1 is 0.650 bits per heavy atom. The van der Waals surface area contributed by atoms with Crippen molar-refractivity contribution in [2.75, 3.05) is 0 Å². The molecule has 0 N–H and O–H groups in total. The van der Waals surface area contributed by atoms with Crippen molar-refractivity contribution in [3.8, 4) is 0 Å². The minimum absolute atomic E-state index is 0. The number of benzene rings is 2. The third-order valence-electron chi connectivity index (χ3n) is 3.58. The smallest absolute Gasteiger partial charge is 0.206 e. The van der Waals surface area contributed by atoms with Gasteiger partial charge in [-0.2, -0.15) is 0 Å². The summed E-state index contributed by atoms with van der Waals surface area (Å²) in [7, 11) is -3.42. The first-order valence-electron chi connectivity index (χ1n) is 6.22. The Hall–Kier alpha value is -1.61. The molecule has 2 aromatic rings. The highest BCUT2D eigenvalue weighted by Crippen LogP contribution is 2.24. The van der Waals surface area contributed by atoms with Crippen molar-refractivity contribution in [1.82, 2.24) is 0 Å². The molecule has 0 radical (unpaired) electrons. The standard InChI is InChI=1S/C16H18O2S.CH4/c1-11-5-7-15(9-13(11)3)19(17,18)16-8-6-12(2)14(4)10-16;/h5-10H,1-4H3;1H4. The van der Waals surface area contributed by atoms with E-state index in [-0.39, 0.29) is 7.43 Å². The molecule has 0 fully saturated rings. The topological polar surface area (TPSA) is 34.1 Å². The molecule has 0 spiro atoms. The second-order valence-corrected chi connectivity index (χ2v) is 6.95. The molecule has 3 heteroatoms. The molecule has 20 heavy (non-hydrogen) atoms. The van der Waals surface area contributed by atoms with E-state index < -0.39 is 9.84 Å². The van der Waals surface area contributed by atoms with Crippen LogP contribution in [0.5, 0.6) is 0 Å². The minimum atomic E-state index is -3.42. The van der Waals surface area contributed by atoms with Gasteiger partial charge >= 0.3 is 0 Å². The van der Waals surface area contributed by atoms with E-state index in [1.807, 2.05) is 39.8 Å². The Bertz CT molecular complexity index is 671. The monoisotopic (exact) mass is 290 g/mol. The number of aryl methyl sites for hydroxylation is 4. The van der Waals surface area contributed by atoms with Crippen LogP contribution in [0, 0.1) is 27.7 Å². The summed E-state index contributed by atoms with van der Waals surface area (Å²) < 4.78 is 25.1. The second-order valence-electron chi connectivity index (χ2n) is 5.00. The molecule has 0 atom stereocenters. The predicted octanol–water partition coefficient (Wildman–Crippen LogP) is 4.39. The molecule has 0 aliphatic rings. The van der Waals surface area contributed by atoms with E-state index in [1.165, 1.54) is 0 Å². The molecular weight excluding hydrogens is 268 g/mol. The lowest BCUT2D eigenvalue weighted by Gasteiger charge is -2.09. The van der Waals surface area contributed by atoms with Gasteiger partial charge in [-0.25, -0.2) is 8.42 Å². The van der Waals surface area contributed by atoms with E-state index in [0.29, 0.717) is 9.79 Å². The number of hydrogen-bond donors (Lipinski definition) is 0. The van der Waals surface area contributed by atoms with Crippen molar-refractivity contribution in [1.29, 1.82) is 0 Å². The lowest BCUT2D eigenvalue weighted by Crippen LogP contribution is -2.03. The molecule has 2 nitrogen and oxygen atoms in total. The van der Waals surface area contributed by atoms with Gasteiger partial charge < -0.3 is 0 Å². The summed E-state index contributed by atoms with van der Waals surface area (Å²) in [5.74, 6) is 0. The molecule has 0 aromatic heterocycles. The Labute approximate surface area is 122 Å². The van der Waals surface area contributed by atoms with Gasteiger partial charge in [-0.15, -0.1) is 0 Å². The molecule has 0 bridgehead atoms. The van der Waals surface area contributed by atoms with Crippen molar-refractivity contribution < 1.29 is 8.42 Å². The third-order valence-corrected chi connectivity index (χ3v) is 5.33. The fourth-order valence-electron chi connectivity index (χ4n) is 1.90. The fourth-order valence-corrected chi connectivity index (χ4v) is 3.33. The molecule has 0 saturated heterocycles. The largest absolute Gasteiger partial charge is 0.219 e. The summed E-state index contributed by atoms with van der Waals surface area (Å²) in [5, 5.41) is 0. The van der Waals surface area contributed by atoms with Crippen molar-refractivity contribution >= 4 is 9.84 Å². The highest BCUT2D eigenvalue weighted by atomic mass is 32.2. The first kappa shape index (κ1) is 16.4. The molecule has 0 unspecified atom stereocenters. The highest BCUT2D eigenvalue weighted by Gasteiger charge is 2.18. The van der Waals surface area contributed by atoms with Crippen molar-refractivity contribution in [2.45, 2.75) is 44.9 Å². The quantitative estimate of drug-likeness (QED) is 0.822. The van der Waals surface area contributed by atoms with E-state index in [0.717, 1.165) is 22.3 Å². The highest BCUT2D eigenvalue weighted by molar-refractivity contribution is 7.91. The van der Waals surface area contributed by atoms with Gasteiger partial charge in [0.2, 0.25) is 9.84 Å². The summed E-state index contributed by atoms with van der Waals surface area (Å²) in [6.07, 6.45) is 0.